The average molecular weight is 360 g/mol. The van der Waals surface area contributed by atoms with Gasteiger partial charge in [-0.3, -0.25) is 4.79 Å². The van der Waals surface area contributed by atoms with Crippen LogP contribution in [0.2, 0.25) is 18.1 Å². The number of rotatable bonds is 3. The number of ether oxygens (including phenoxy) is 1. The Hall–Kier alpha value is -0.433. The minimum Gasteiger partial charge on any atom is -0.402 e. The fourth-order valence-electron chi connectivity index (χ4n) is 1.95. The van der Waals surface area contributed by atoms with Crippen molar-refractivity contribution >= 4 is 24.2 Å². The van der Waals surface area contributed by atoms with Crippen LogP contribution in [0, 0.1) is 0 Å². The monoisotopic (exact) mass is 359 g/mol. The molecule has 0 atom stereocenters. The van der Waals surface area contributed by atoms with Crippen molar-refractivity contribution in [3.05, 3.63) is 32.7 Å². The summed E-state index contributed by atoms with van der Waals surface area (Å²) in [6, 6.07) is 3.13. The van der Waals surface area contributed by atoms with Crippen molar-refractivity contribution in [3.63, 3.8) is 0 Å². The van der Waals surface area contributed by atoms with E-state index in [1.165, 1.54) is 6.07 Å². The van der Waals surface area contributed by atoms with Crippen molar-refractivity contribution in [2.75, 3.05) is 13.2 Å². The molecular formula is C14H22BrNO3Si. The van der Waals surface area contributed by atoms with Crippen molar-refractivity contribution in [2.45, 2.75) is 44.5 Å². The SMILES string of the molecule is CC(C)(C)[Si](C)(C)OC1(c2cc(=O)cc(Br)[nH]2)COC1. The van der Waals surface area contributed by atoms with Gasteiger partial charge in [0.05, 0.1) is 23.5 Å². The predicted molar refractivity (Wildman–Crippen MR) is 85.5 cm³/mol. The normalized spacial score (nSPS) is 18.7. The van der Waals surface area contributed by atoms with E-state index in [9.17, 15) is 4.79 Å². The number of aromatic amines is 1. The second kappa shape index (κ2) is 5.09. The van der Waals surface area contributed by atoms with Gasteiger partial charge in [-0.15, -0.1) is 0 Å². The second-order valence-electron chi connectivity index (χ2n) is 6.93. The molecule has 0 radical (unpaired) electrons. The largest absolute Gasteiger partial charge is 0.402 e. The van der Waals surface area contributed by atoms with Gasteiger partial charge >= 0.3 is 0 Å². The van der Waals surface area contributed by atoms with Gasteiger partial charge in [-0.2, -0.15) is 0 Å². The molecule has 6 heteroatoms. The van der Waals surface area contributed by atoms with Gasteiger partial charge in [0, 0.05) is 12.1 Å². The molecule has 1 aliphatic rings. The Morgan fingerprint density at radius 2 is 1.95 bits per heavy atom. The summed E-state index contributed by atoms with van der Waals surface area (Å²) in [6.45, 7) is 12.0. The maximum absolute atomic E-state index is 11.7. The number of aromatic nitrogens is 1. The van der Waals surface area contributed by atoms with Crippen LogP contribution in [0.25, 0.3) is 0 Å². The molecule has 0 bridgehead atoms. The quantitative estimate of drug-likeness (QED) is 0.664. The topological polar surface area (TPSA) is 51.3 Å². The van der Waals surface area contributed by atoms with Crippen LogP contribution in [0.4, 0.5) is 0 Å². The molecule has 0 aromatic carbocycles. The first kappa shape index (κ1) is 15.9. The molecule has 2 heterocycles. The standard InChI is InChI=1S/C14H22BrNO3Si/c1-13(2,3)20(4,5)19-14(8-18-9-14)11-6-10(17)7-12(15)16-11/h6-7H,8-9H2,1-5H3,(H,16,17). The van der Waals surface area contributed by atoms with E-state index in [2.05, 4.69) is 54.8 Å². The smallest absolute Gasteiger partial charge is 0.193 e. The molecule has 20 heavy (non-hydrogen) atoms. The highest BCUT2D eigenvalue weighted by molar-refractivity contribution is 9.10. The summed E-state index contributed by atoms with van der Waals surface area (Å²) >= 11 is 3.34. The lowest BCUT2D eigenvalue weighted by Gasteiger charge is -2.49. The van der Waals surface area contributed by atoms with E-state index in [0.717, 1.165) is 5.69 Å². The van der Waals surface area contributed by atoms with Crippen LogP contribution in [0.15, 0.2) is 21.5 Å². The van der Waals surface area contributed by atoms with Gasteiger partial charge in [0.15, 0.2) is 13.7 Å². The summed E-state index contributed by atoms with van der Waals surface area (Å²) in [5.41, 5.74) is 0.259. The number of pyridine rings is 1. The highest BCUT2D eigenvalue weighted by atomic mass is 79.9. The third-order valence-corrected chi connectivity index (χ3v) is 9.17. The minimum absolute atomic E-state index is 0.0317. The highest BCUT2D eigenvalue weighted by Gasteiger charge is 2.50. The number of nitrogens with one attached hydrogen (secondary N) is 1. The molecule has 112 valence electrons. The van der Waals surface area contributed by atoms with Gasteiger partial charge in [0.2, 0.25) is 0 Å². The maximum atomic E-state index is 11.7. The number of halogens is 1. The summed E-state index contributed by atoms with van der Waals surface area (Å²) in [6.07, 6.45) is 0. The Morgan fingerprint density at radius 1 is 1.35 bits per heavy atom. The van der Waals surface area contributed by atoms with Crippen LogP contribution in [0.5, 0.6) is 0 Å². The summed E-state index contributed by atoms with van der Waals surface area (Å²) in [7, 11) is -1.94. The molecule has 2 rings (SSSR count). The molecular weight excluding hydrogens is 338 g/mol. The zero-order chi connectivity index (χ0) is 15.2. The van der Waals surface area contributed by atoms with Gasteiger partial charge in [0.1, 0.15) is 5.60 Å². The van der Waals surface area contributed by atoms with E-state index in [1.54, 1.807) is 6.07 Å². The Morgan fingerprint density at radius 3 is 2.35 bits per heavy atom. The molecule has 0 unspecified atom stereocenters. The van der Waals surface area contributed by atoms with Crippen LogP contribution in [0.1, 0.15) is 26.5 Å². The van der Waals surface area contributed by atoms with Crippen molar-refractivity contribution < 1.29 is 9.16 Å². The Balaban J connectivity index is 2.38. The summed E-state index contributed by atoms with van der Waals surface area (Å²) in [5, 5.41) is 0.113. The van der Waals surface area contributed by atoms with E-state index in [-0.39, 0.29) is 10.5 Å². The van der Waals surface area contributed by atoms with E-state index >= 15 is 0 Å². The molecule has 0 amide bonds. The molecule has 0 spiro atoms. The molecule has 1 N–H and O–H groups in total. The minimum atomic E-state index is -1.94. The predicted octanol–water partition coefficient (Wildman–Crippen LogP) is 3.38. The summed E-state index contributed by atoms with van der Waals surface area (Å²) < 4.78 is 12.6. The first-order valence-corrected chi connectivity index (χ1v) is 10.4. The molecule has 1 aromatic rings. The lowest BCUT2D eigenvalue weighted by atomic mass is 9.97. The van der Waals surface area contributed by atoms with Crippen LogP contribution in [0.3, 0.4) is 0 Å². The van der Waals surface area contributed by atoms with Crippen LogP contribution < -0.4 is 5.43 Å². The first-order valence-electron chi connectivity index (χ1n) is 6.74. The number of H-pyrrole nitrogens is 1. The van der Waals surface area contributed by atoms with E-state index in [0.29, 0.717) is 17.8 Å². The van der Waals surface area contributed by atoms with E-state index < -0.39 is 13.9 Å². The van der Waals surface area contributed by atoms with Gasteiger partial charge in [-0.25, -0.2) is 0 Å². The number of hydrogen-bond donors (Lipinski definition) is 1. The molecule has 1 aromatic heterocycles. The molecule has 0 aliphatic carbocycles. The lowest BCUT2D eigenvalue weighted by Crippen LogP contribution is -2.58. The molecule has 1 aliphatic heterocycles. The van der Waals surface area contributed by atoms with Gasteiger partial charge in [-0.05, 0) is 34.1 Å². The maximum Gasteiger partial charge on any atom is 0.193 e. The third kappa shape index (κ3) is 2.93. The fourth-order valence-corrected chi connectivity index (χ4v) is 3.90. The van der Waals surface area contributed by atoms with Crippen molar-refractivity contribution in [2.24, 2.45) is 0 Å². The van der Waals surface area contributed by atoms with E-state index in [4.69, 9.17) is 9.16 Å². The third-order valence-electron chi connectivity index (χ3n) is 4.23. The van der Waals surface area contributed by atoms with E-state index in [1.807, 2.05) is 0 Å². The van der Waals surface area contributed by atoms with Crippen LogP contribution in [-0.4, -0.2) is 26.5 Å². The van der Waals surface area contributed by atoms with Crippen LogP contribution >= 0.6 is 15.9 Å². The van der Waals surface area contributed by atoms with Crippen molar-refractivity contribution in [1.82, 2.24) is 4.98 Å². The zero-order valence-electron chi connectivity index (χ0n) is 12.7. The summed E-state index contributed by atoms with van der Waals surface area (Å²) in [4.78, 5) is 14.9. The lowest BCUT2D eigenvalue weighted by molar-refractivity contribution is -0.177. The highest BCUT2D eigenvalue weighted by Crippen LogP contribution is 2.44. The summed E-state index contributed by atoms with van der Waals surface area (Å²) in [5.74, 6) is 0. The fraction of sp³-hybridized carbons (Fsp3) is 0.643. The number of hydrogen-bond acceptors (Lipinski definition) is 3. The Labute approximate surface area is 129 Å². The average Bonchev–Trinajstić information content (AvgIpc) is 2.20. The van der Waals surface area contributed by atoms with Crippen molar-refractivity contribution in [3.8, 4) is 0 Å². The van der Waals surface area contributed by atoms with Gasteiger partial charge < -0.3 is 14.1 Å². The molecule has 1 saturated heterocycles. The molecule has 0 saturated carbocycles. The first-order chi connectivity index (χ1) is 9.06. The zero-order valence-corrected chi connectivity index (χ0v) is 15.3. The van der Waals surface area contributed by atoms with Gasteiger partial charge in [0.25, 0.3) is 0 Å². The second-order valence-corrected chi connectivity index (χ2v) is 12.5. The van der Waals surface area contributed by atoms with Crippen molar-refractivity contribution in [1.29, 1.82) is 0 Å². The molecule has 4 nitrogen and oxygen atoms in total. The Bertz CT molecular complexity index is 558. The van der Waals surface area contributed by atoms with Crippen LogP contribution in [-0.2, 0) is 14.8 Å². The Kier molecular flexibility index (Phi) is 4.05. The molecule has 1 fully saturated rings. The van der Waals surface area contributed by atoms with Gasteiger partial charge in [-0.1, -0.05) is 20.8 Å².